The Balaban J connectivity index is 1.80. The molecule has 1 N–H and O–H groups in total. The fraction of sp³-hybridized carbons (Fsp3) is 0.257. The fourth-order valence-electron chi connectivity index (χ4n) is 4.93. The Morgan fingerprint density at radius 3 is 2.14 bits per heavy atom. The number of sulfonamides is 1. The maximum atomic E-state index is 14.5. The SMILES string of the molecule is CCCNC(=O)C(Cc1ccccc1)N(Cc1cccc(C)c1)C(=O)CN(c1ccccc1Cl)S(=O)(=O)c1ccc(C)cc1. The molecule has 1 unspecified atom stereocenters. The van der Waals surface area contributed by atoms with Crippen LogP contribution in [-0.4, -0.2) is 44.3 Å². The highest BCUT2D eigenvalue weighted by atomic mass is 35.5. The van der Waals surface area contributed by atoms with E-state index in [0.717, 1.165) is 33.0 Å². The van der Waals surface area contributed by atoms with Gasteiger partial charge in [-0.05, 0) is 55.7 Å². The zero-order valence-electron chi connectivity index (χ0n) is 25.2. The van der Waals surface area contributed by atoms with E-state index < -0.39 is 28.5 Å². The predicted octanol–water partition coefficient (Wildman–Crippen LogP) is 6.32. The Hall–Kier alpha value is -4.14. The monoisotopic (exact) mass is 631 g/mol. The first-order chi connectivity index (χ1) is 21.1. The summed E-state index contributed by atoms with van der Waals surface area (Å²) < 4.78 is 29.3. The lowest BCUT2D eigenvalue weighted by atomic mass is 10.0. The molecule has 0 spiro atoms. The molecule has 2 amide bonds. The molecule has 0 aromatic heterocycles. The van der Waals surface area contributed by atoms with Crippen LogP contribution in [0.4, 0.5) is 5.69 Å². The molecule has 1 atom stereocenters. The molecule has 7 nitrogen and oxygen atoms in total. The smallest absolute Gasteiger partial charge is 0.264 e. The number of anilines is 1. The second kappa shape index (κ2) is 15.0. The van der Waals surface area contributed by atoms with E-state index in [0.29, 0.717) is 6.54 Å². The van der Waals surface area contributed by atoms with Crippen LogP contribution in [0.5, 0.6) is 0 Å². The molecule has 4 rings (SSSR count). The number of hydrogen-bond acceptors (Lipinski definition) is 4. The maximum absolute atomic E-state index is 14.5. The summed E-state index contributed by atoms with van der Waals surface area (Å²) in [7, 11) is -4.22. The van der Waals surface area contributed by atoms with Gasteiger partial charge in [0.2, 0.25) is 11.8 Å². The number of nitrogens with zero attached hydrogens (tertiary/aromatic N) is 2. The van der Waals surface area contributed by atoms with Crippen LogP contribution in [0.1, 0.15) is 35.6 Å². The topological polar surface area (TPSA) is 86.8 Å². The third kappa shape index (κ3) is 8.27. The molecule has 44 heavy (non-hydrogen) atoms. The summed E-state index contributed by atoms with van der Waals surface area (Å²) in [4.78, 5) is 29.7. The van der Waals surface area contributed by atoms with Crippen molar-refractivity contribution in [3.63, 3.8) is 0 Å². The third-order valence-electron chi connectivity index (χ3n) is 7.26. The first-order valence-corrected chi connectivity index (χ1v) is 16.4. The van der Waals surface area contributed by atoms with Gasteiger partial charge in [-0.2, -0.15) is 0 Å². The number of halogens is 1. The number of benzene rings is 4. The number of carbonyl (C=O) groups excluding carboxylic acids is 2. The average Bonchev–Trinajstić information content (AvgIpc) is 3.01. The molecule has 0 saturated carbocycles. The number of amides is 2. The minimum absolute atomic E-state index is 0.0302. The third-order valence-corrected chi connectivity index (χ3v) is 9.36. The van der Waals surface area contributed by atoms with Crippen molar-refractivity contribution >= 4 is 39.1 Å². The van der Waals surface area contributed by atoms with E-state index in [1.807, 2.05) is 75.4 Å². The summed E-state index contributed by atoms with van der Waals surface area (Å²) in [5.41, 5.74) is 3.78. The van der Waals surface area contributed by atoms with E-state index in [1.165, 1.54) is 17.0 Å². The van der Waals surface area contributed by atoms with Gasteiger partial charge in [0.25, 0.3) is 10.0 Å². The van der Waals surface area contributed by atoms with Crippen molar-refractivity contribution in [2.24, 2.45) is 0 Å². The molecule has 230 valence electrons. The summed E-state index contributed by atoms with van der Waals surface area (Å²) in [5, 5.41) is 3.14. The van der Waals surface area contributed by atoms with Crippen molar-refractivity contribution < 1.29 is 18.0 Å². The highest BCUT2D eigenvalue weighted by molar-refractivity contribution is 7.92. The Morgan fingerprint density at radius 2 is 1.48 bits per heavy atom. The highest BCUT2D eigenvalue weighted by Gasteiger charge is 2.35. The zero-order valence-corrected chi connectivity index (χ0v) is 26.8. The molecule has 0 radical (unpaired) electrons. The summed E-state index contributed by atoms with van der Waals surface area (Å²) in [6.07, 6.45) is 0.982. The van der Waals surface area contributed by atoms with Crippen LogP contribution in [0.15, 0.2) is 108 Å². The van der Waals surface area contributed by atoms with E-state index in [2.05, 4.69) is 5.32 Å². The highest BCUT2D eigenvalue weighted by Crippen LogP contribution is 2.31. The quantitative estimate of drug-likeness (QED) is 0.187. The van der Waals surface area contributed by atoms with Gasteiger partial charge >= 0.3 is 0 Å². The number of aryl methyl sites for hydroxylation is 2. The van der Waals surface area contributed by atoms with Gasteiger partial charge in [0.15, 0.2) is 0 Å². The van der Waals surface area contributed by atoms with Gasteiger partial charge in [0, 0.05) is 19.5 Å². The molecule has 0 aliphatic heterocycles. The molecule has 0 aliphatic carbocycles. The van der Waals surface area contributed by atoms with Crippen molar-refractivity contribution in [1.82, 2.24) is 10.2 Å². The van der Waals surface area contributed by atoms with Crippen molar-refractivity contribution in [3.05, 3.63) is 130 Å². The van der Waals surface area contributed by atoms with E-state index >= 15 is 0 Å². The van der Waals surface area contributed by atoms with Crippen LogP contribution in [0, 0.1) is 13.8 Å². The molecule has 4 aromatic carbocycles. The van der Waals surface area contributed by atoms with Crippen molar-refractivity contribution in [3.8, 4) is 0 Å². The van der Waals surface area contributed by atoms with Crippen LogP contribution in [-0.2, 0) is 32.6 Å². The predicted molar refractivity (Wildman–Crippen MR) is 176 cm³/mol. The lowest BCUT2D eigenvalue weighted by molar-refractivity contribution is -0.140. The normalized spacial score (nSPS) is 11.9. The van der Waals surface area contributed by atoms with Crippen LogP contribution < -0.4 is 9.62 Å². The van der Waals surface area contributed by atoms with Crippen LogP contribution in [0.2, 0.25) is 5.02 Å². The van der Waals surface area contributed by atoms with Gasteiger partial charge in [-0.15, -0.1) is 0 Å². The van der Waals surface area contributed by atoms with Gasteiger partial charge in [-0.25, -0.2) is 8.42 Å². The van der Waals surface area contributed by atoms with Gasteiger partial charge < -0.3 is 10.2 Å². The Labute approximate surface area is 265 Å². The molecule has 4 aromatic rings. The lowest BCUT2D eigenvalue weighted by Crippen LogP contribution is -2.53. The summed E-state index contributed by atoms with van der Waals surface area (Å²) >= 11 is 6.53. The zero-order chi connectivity index (χ0) is 31.7. The molecule has 0 heterocycles. The maximum Gasteiger partial charge on any atom is 0.264 e. The molecular formula is C35H38ClN3O4S. The van der Waals surface area contributed by atoms with E-state index in [4.69, 9.17) is 11.6 Å². The first-order valence-electron chi connectivity index (χ1n) is 14.6. The van der Waals surface area contributed by atoms with E-state index in [9.17, 15) is 18.0 Å². The number of hydrogen-bond donors (Lipinski definition) is 1. The van der Waals surface area contributed by atoms with Crippen molar-refractivity contribution in [2.75, 3.05) is 17.4 Å². The van der Waals surface area contributed by atoms with E-state index in [-0.39, 0.29) is 34.5 Å². The van der Waals surface area contributed by atoms with Crippen LogP contribution >= 0.6 is 11.6 Å². The number of nitrogens with one attached hydrogen (secondary N) is 1. The van der Waals surface area contributed by atoms with Crippen molar-refractivity contribution in [1.29, 1.82) is 0 Å². The lowest BCUT2D eigenvalue weighted by Gasteiger charge is -2.34. The van der Waals surface area contributed by atoms with Crippen molar-refractivity contribution in [2.45, 2.75) is 51.1 Å². The standard InChI is InChI=1S/C35H38ClN3O4S/c1-4-21-37-35(41)33(23-28-12-6-5-7-13-28)38(24-29-14-10-11-27(3)22-29)34(40)25-39(32-16-9-8-15-31(32)36)44(42,43)30-19-17-26(2)18-20-30/h5-20,22,33H,4,21,23-25H2,1-3H3,(H,37,41). The molecule has 9 heteroatoms. The van der Waals surface area contributed by atoms with Gasteiger partial charge in [0.1, 0.15) is 12.6 Å². The minimum atomic E-state index is -4.22. The molecular weight excluding hydrogens is 594 g/mol. The molecule has 0 fully saturated rings. The molecule has 0 aliphatic rings. The van der Waals surface area contributed by atoms with Crippen LogP contribution in [0.25, 0.3) is 0 Å². The fourth-order valence-corrected chi connectivity index (χ4v) is 6.65. The van der Waals surface area contributed by atoms with Gasteiger partial charge in [-0.3, -0.25) is 13.9 Å². The van der Waals surface area contributed by atoms with Gasteiger partial charge in [0.05, 0.1) is 15.6 Å². The number of rotatable bonds is 13. The van der Waals surface area contributed by atoms with Gasteiger partial charge in [-0.1, -0.05) is 109 Å². The summed E-state index contributed by atoms with van der Waals surface area (Å²) in [6, 6.07) is 29.3. The largest absolute Gasteiger partial charge is 0.354 e. The number of para-hydroxylation sites is 1. The molecule has 0 bridgehead atoms. The Morgan fingerprint density at radius 1 is 0.818 bits per heavy atom. The average molecular weight is 632 g/mol. The van der Waals surface area contributed by atoms with Crippen LogP contribution in [0.3, 0.4) is 0 Å². The second-order valence-electron chi connectivity index (χ2n) is 10.8. The Bertz CT molecular complexity index is 1680. The second-order valence-corrected chi connectivity index (χ2v) is 13.1. The summed E-state index contributed by atoms with van der Waals surface area (Å²) in [5.74, 6) is -0.836. The summed E-state index contributed by atoms with van der Waals surface area (Å²) in [6.45, 7) is 5.78. The minimum Gasteiger partial charge on any atom is -0.354 e. The number of carbonyl (C=O) groups is 2. The molecule has 0 saturated heterocycles. The first kappa shape index (κ1) is 32.8. The van der Waals surface area contributed by atoms with E-state index in [1.54, 1.807) is 36.4 Å². The Kier molecular flexibility index (Phi) is 11.2.